The molecule has 37 heavy (non-hydrogen) atoms. The minimum atomic E-state index is -5.24. The molecule has 0 bridgehead atoms. The van der Waals surface area contributed by atoms with E-state index in [0.29, 0.717) is 29.9 Å². The number of aromatic nitrogens is 2. The number of alkyl halides is 3. The first-order valence-electron chi connectivity index (χ1n) is 11.3. The van der Waals surface area contributed by atoms with Gasteiger partial charge in [-0.1, -0.05) is 6.07 Å². The zero-order valence-corrected chi connectivity index (χ0v) is 20.0. The normalized spacial score (nSPS) is 14.5. The van der Waals surface area contributed by atoms with Gasteiger partial charge in [0.05, 0.1) is 11.9 Å². The van der Waals surface area contributed by atoms with Crippen molar-refractivity contribution in [2.45, 2.75) is 13.1 Å². The predicted molar refractivity (Wildman–Crippen MR) is 129 cm³/mol. The van der Waals surface area contributed by atoms with E-state index >= 15 is 0 Å². The Balaban J connectivity index is 1.62. The number of phenols is 1. The molecule has 1 fully saturated rings. The topological polar surface area (TPSA) is 122 Å². The minimum Gasteiger partial charge on any atom is -0.504 e. The number of nitrogens with two attached hydrogens (primary N) is 1. The fourth-order valence-corrected chi connectivity index (χ4v) is 3.89. The molecule has 2 heterocycles. The summed E-state index contributed by atoms with van der Waals surface area (Å²) in [5.41, 5.74) is 8.61. The second kappa shape index (κ2) is 10.1. The standard InChI is InChI=1S/C25H24F3N5O4/c1-14-11-15(3-5-17(14)23(35)33-9-7-32(2)8-10-33)18-13-30-22(29)21(31-18)16-4-6-19(34)20(12-16)37-24(36)25(26,27)28/h3-6,11-13,34H,7-10H2,1-2H3,(H2,29,30). The van der Waals surface area contributed by atoms with Gasteiger partial charge in [-0.25, -0.2) is 14.8 Å². The van der Waals surface area contributed by atoms with Gasteiger partial charge < -0.3 is 25.4 Å². The number of phenolic OH excluding ortho intramolecular Hbond substituents is 1. The number of carbonyl (C=O) groups excluding carboxylic acids is 2. The largest absolute Gasteiger partial charge is 0.504 e. The van der Waals surface area contributed by atoms with Gasteiger partial charge in [0.2, 0.25) is 0 Å². The van der Waals surface area contributed by atoms with Crippen LogP contribution < -0.4 is 10.5 Å². The number of piperazine rings is 1. The Kier molecular flexibility index (Phi) is 7.03. The highest BCUT2D eigenvalue weighted by Crippen LogP contribution is 2.35. The van der Waals surface area contributed by atoms with Crippen molar-refractivity contribution < 1.29 is 32.6 Å². The van der Waals surface area contributed by atoms with E-state index in [1.807, 2.05) is 18.9 Å². The maximum Gasteiger partial charge on any atom is 0.491 e. The average molecular weight is 515 g/mol. The van der Waals surface area contributed by atoms with Gasteiger partial charge in [-0.3, -0.25) is 4.79 Å². The number of hydrogen-bond donors (Lipinski definition) is 2. The van der Waals surface area contributed by atoms with Gasteiger partial charge in [-0.2, -0.15) is 13.2 Å². The molecule has 9 nitrogen and oxygen atoms in total. The van der Waals surface area contributed by atoms with E-state index in [-0.39, 0.29) is 23.0 Å². The number of hydrogen-bond acceptors (Lipinski definition) is 8. The van der Waals surface area contributed by atoms with Crippen LogP contribution in [-0.4, -0.2) is 76.2 Å². The Morgan fingerprint density at radius 3 is 2.38 bits per heavy atom. The van der Waals surface area contributed by atoms with Crippen molar-refractivity contribution in [3.8, 4) is 34.0 Å². The second-order valence-electron chi connectivity index (χ2n) is 8.68. The van der Waals surface area contributed by atoms with Crippen molar-refractivity contribution in [1.82, 2.24) is 19.8 Å². The summed E-state index contributed by atoms with van der Waals surface area (Å²) in [4.78, 5) is 36.8. The van der Waals surface area contributed by atoms with Crippen LogP contribution in [0.3, 0.4) is 0 Å². The molecule has 1 aliphatic rings. The first-order chi connectivity index (χ1) is 17.4. The number of rotatable bonds is 4. The lowest BCUT2D eigenvalue weighted by Crippen LogP contribution is -2.47. The molecule has 2 aromatic carbocycles. The summed E-state index contributed by atoms with van der Waals surface area (Å²) >= 11 is 0. The highest BCUT2D eigenvalue weighted by atomic mass is 19.4. The van der Waals surface area contributed by atoms with Gasteiger partial charge in [0, 0.05) is 42.9 Å². The monoisotopic (exact) mass is 515 g/mol. The van der Waals surface area contributed by atoms with Crippen molar-refractivity contribution >= 4 is 17.7 Å². The molecule has 1 aromatic heterocycles. The van der Waals surface area contributed by atoms with Crippen LogP contribution in [0.25, 0.3) is 22.5 Å². The third kappa shape index (κ3) is 5.64. The van der Waals surface area contributed by atoms with E-state index in [1.165, 1.54) is 12.3 Å². The van der Waals surface area contributed by atoms with Crippen LogP contribution in [0.1, 0.15) is 15.9 Å². The van der Waals surface area contributed by atoms with Gasteiger partial charge >= 0.3 is 12.1 Å². The molecule has 3 aromatic rings. The zero-order valence-electron chi connectivity index (χ0n) is 20.0. The molecule has 0 unspecified atom stereocenters. The predicted octanol–water partition coefficient (Wildman–Crippen LogP) is 3.26. The lowest BCUT2D eigenvalue weighted by Gasteiger charge is -2.32. The number of anilines is 1. The first-order valence-corrected chi connectivity index (χ1v) is 11.3. The van der Waals surface area contributed by atoms with E-state index in [0.717, 1.165) is 30.8 Å². The maximum absolute atomic E-state index is 13.0. The fraction of sp³-hybridized carbons (Fsp3) is 0.280. The molecule has 4 rings (SSSR count). The van der Waals surface area contributed by atoms with Crippen molar-refractivity contribution in [2.24, 2.45) is 0 Å². The average Bonchev–Trinajstić information content (AvgIpc) is 2.85. The highest BCUT2D eigenvalue weighted by Gasteiger charge is 2.41. The van der Waals surface area contributed by atoms with Crippen LogP contribution in [0.15, 0.2) is 42.6 Å². The van der Waals surface area contributed by atoms with E-state index in [9.17, 15) is 27.9 Å². The van der Waals surface area contributed by atoms with Crippen LogP contribution in [-0.2, 0) is 4.79 Å². The number of ether oxygens (including phenoxy) is 1. The Bertz CT molecular complexity index is 1350. The Morgan fingerprint density at radius 2 is 1.73 bits per heavy atom. The highest BCUT2D eigenvalue weighted by molar-refractivity contribution is 5.96. The summed E-state index contributed by atoms with van der Waals surface area (Å²) in [6.07, 6.45) is -3.81. The van der Waals surface area contributed by atoms with Gasteiger partial charge in [0.15, 0.2) is 11.5 Å². The summed E-state index contributed by atoms with van der Waals surface area (Å²) in [7, 11) is 2.01. The molecule has 1 saturated heterocycles. The number of likely N-dealkylation sites (N-methyl/N-ethyl adjacent to an activating group) is 1. The van der Waals surface area contributed by atoms with Gasteiger partial charge in [-0.15, -0.1) is 0 Å². The summed E-state index contributed by atoms with van der Waals surface area (Å²) in [6, 6.07) is 8.68. The van der Waals surface area contributed by atoms with Gasteiger partial charge in [0.25, 0.3) is 5.91 Å². The van der Waals surface area contributed by atoms with E-state index in [2.05, 4.69) is 19.6 Å². The van der Waals surface area contributed by atoms with Crippen molar-refractivity contribution in [3.63, 3.8) is 0 Å². The number of aryl methyl sites for hydroxylation is 1. The number of nitrogen functional groups attached to an aromatic ring is 1. The molecule has 194 valence electrons. The van der Waals surface area contributed by atoms with E-state index in [1.54, 1.807) is 18.2 Å². The molecule has 0 aliphatic carbocycles. The third-order valence-electron chi connectivity index (χ3n) is 6.01. The van der Waals surface area contributed by atoms with Gasteiger partial charge in [0.1, 0.15) is 11.5 Å². The number of carbonyl (C=O) groups is 2. The molecule has 0 radical (unpaired) electrons. The number of amides is 1. The molecular formula is C25H24F3N5O4. The van der Waals surface area contributed by atoms with E-state index < -0.39 is 23.6 Å². The summed E-state index contributed by atoms with van der Waals surface area (Å²) in [6.45, 7) is 4.73. The fourth-order valence-electron chi connectivity index (χ4n) is 3.89. The molecular weight excluding hydrogens is 491 g/mol. The molecule has 0 atom stereocenters. The van der Waals surface area contributed by atoms with Crippen LogP contribution in [0.2, 0.25) is 0 Å². The summed E-state index contributed by atoms with van der Waals surface area (Å²) in [5, 5.41) is 9.86. The molecule has 1 aliphatic heterocycles. The smallest absolute Gasteiger partial charge is 0.491 e. The van der Waals surface area contributed by atoms with Crippen LogP contribution in [0, 0.1) is 6.92 Å². The van der Waals surface area contributed by atoms with Crippen molar-refractivity contribution in [2.75, 3.05) is 39.0 Å². The SMILES string of the molecule is Cc1cc(-c2cnc(N)c(-c3ccc(O)c(OC(=O)C(F)(F)F)c3)n2)ccc1C(=O)N1CCN(C)CC1. The maximum atomic E-state index is 13.0. The number of halogens is 3. The molecule has 1 amide bonds. The zero-order chi connectivity index (χ0) is 26.9. The number of benzene rings is 2. The number of nitrogens with zero attached hydrogens (tertiary/aromatic N) is 4. The van der Waals surface area contributed by atoms with Crippen LogP contribution >= 0.6 is 0 Å². The first kappa shape index (κ1) is 25.9. The second-order valence-corrected chi connectivity index (χ2v) is 8.68. The minimum absolute atomic E-state index is 0.0267. The Morgan fingerprint density at radius 1 is 1.05 bits per heavy atom. The molecule has 0 spiro atoms. The summed E-state index contributed by atoms with van der Waals surface area (Å²) < 4.78 is 42.1. The number of aromatic hydroxyl groups is 1. The van der Waals surface area contributed by atoms with Crippen molar-refractivity contribution in [3.05, 3.63) is 53.7 Å². The molecule has 12 heteroatoms. The lowest BCUT2D eigenvalue weighted by molar-refractivity contribution is -0.189. The number of esters is 1. The third-order valence-corrected chi connectivity index (χ3v) is 6.01. The van der Waals surface area contributed by atoms with Crippen LogP contribution in [0.5, 0.6) is 11.5 Å². The molecule has 0 saturated carbocycles. The lowest BCUT2D eigenvalue weighted by atomic mass is 10.0. The Labute approximate surface area is 210 Å². The Hall–Kier alpha value is -4.19. The molecule has 3 N–H and O–H groups in total. The van der Waals surface area contributed by atoms with Gasteiger partial charge in [-0.05, 0) is 49.9 Å². The summed E-state index contributed by atoms with van der Waals surface area (Å²) in [5.74, 6) is -3.92. The van der Waals surface area contributed by atoms with Crippen LogP contribution in [0.4, 0.5) is 19.0 Å². The van der Waals surface area contributed by atoms with Crippen molar-refractivity contribution in [1.29, 1.82) is 0 Å². The van der Waals surface area contributed by atoms with E-state index in [4.69, 9.17) is 5.73 Å². The quantitative estimate of drug-likeness (QED) is 0.401.